The summed E-state index contributed by atoms with van der Waals surface area (Å²) in [6.45, 7) is 8.19. The predicted octanol–water partition coefficient (Wildman–Crippen LogP) is 3.02. The number of amides is 1. The van der Waals surface area contributed by atoms with E-state index in [1.807, 2.05) is 11.0 Å². The zero-order chi connectivity index (χ0) is 19.1. The van der Waals surface area contributed by atoms with Crippen LogP contribution >= 0.6 is 0 Å². The van der Waals surface area contributed by atoms with Crippen molar-refractivity contribution in [3.05, 3.63) is 35.6 Å². The molecule has 26 heavy (non-hydrogen) atoms. The van der Waals surface area contributed by atoms with Crippen LogP contribution in [0.1, 0.15) is 38.7 Å². The fourth-order valence-electron chi connectivity index (χ4n) is 3.86. The molecule has 1 aromatic carbocycles. The summed E-state index contributed by atoms with van der Waals surface area (Å²) < 4.78 is 13.7. The maximum Gasteiger partial charge on any atom is 0.222 e. The Labute approximate surface area is 158 Å². The molecule has 1 amide bonds. The van der Waals surface area contributed by atoms with Crippen molar-refractivity contribution in [1.82, 2.24) is 14.7 Å². The maximum absolute atomic E-state index is 13.7. The number of rotatable bonds is 8. The van der Waals surface area contributed by atoms with Crippen molar-refractivity contribution in [2.75, 3.05) is 40.3 Å². The Bertz CT molecular complexity index is 566. The Balaban J connectivity index is 1.77. The fourth-order valence-corrected chi connectivity index (χ4v) is 3.86. The lowest BCUT2D eigenvalue weighted by atomic mass is 10.0. The van der Waals surface area contributed by atoms with Crippen molar-refractivity contribution in [3.63, 3.8) is 0 Å². The lowest BCUT2D eigenvalue weighted by Crippen LogP contribution is -2.58. The van der Waals surface area contributed by atoms with E-state index in [1.54, 1.807) is 12.1 Å². The van der Waals surface area contributed by atoms with E-state index in [0.717, 1.165) is 32.6 Å². The summed E-state index contributed by atoms with van der Waals surface area (Å²) in [5.74, 6) is 0.0292. The molecule has 2 rings (SSSR count). The molecule has 0 radical (unpaired) electrons. The molecule has 2 atom stereocenters. The molecule has 0 aliphatic carbocycles. The first-order valence-electron chi connectivity index (χ1n) is 9.80. The number of halogens is 1. The van der Waals surface area contributed by atoms with Crippen LogP contribution in [0.3, 0.4) is 0 Å². The maximum atomic E-state index is 13.7. The van der Waals surface area contributed by atoms with Gasteiger partial charge >= 0.3 is 0 Å². The number of carbonyl (C=O) groups is 1. The first kappa shape index (κ1) is 20.8. The van der Waals surface area contributed by atoms with E-state index < -0.39 is 0 Å². The van der Waals surface area contributed by atoms with Gasteiger partial charge in [0.2, 0.25) is 5.91 Å². The average molecular weight is 364 g/mol. The second-order valence-electron chi connectivity index (χ2n) is 7.84. The van der Waals surface area contributed by atoms with Gasteiger partial charge in [0.05, 0.1) is 0 Å². The Kier molecular flexibility index (Phi) is 8.04. The number of nitrogens with zero attached hydrogens (tertiary/aromatic N) is 3. The molecular formula is C21H34FN3O. The Morgan fingerprint density at radius 1 is 1.15 bits per heavy atom. The summed E-state index contributed by atoms with van der Waals surface area (Å²) in [7, 11) is 4.20. The molecule has 2 unspecified atom stereocenters. The third-order valence-corrected chi connectivity index (χ3v) is 5.27. The van der Waals surface area contributed by atoms with Gasteiger partial charge in [-0.2, -0.15) is 0 Å². The number of benzene rings is 1. The first-order valence-corrected chi connectivity index (χ1v) is 9.80. The topological polar surface area (TPSA) is 26.8 Å². The fraction of sp³-hybridized carbons (Fsp3) is 0.667. The largest absolute Gasteiger partial charge is 0.340 e. The van der Waals surface area contributed by atoms with Crippen LogP contribution in [0, 0.1) is 5.82 Å². The molecule has 1 fully saturated rings. The molecule has 4 nitrogen and oxygen atoms in total. The van der Waals surface area contributed by atoms with Crippen molar-refractivity contribution in [1.29, 1.82) is 0 Å². The summed E-state index contributed by atoms with van der Waals surface area (Å²) in [5, 5.41) is 0. The minimum absolute atomic E-state index is 0.173. The first-order chi connectivity index (χ1) is 12.4. The van der Waals surface area contributed by atoms with Gasteiger partial charge in [-0.05, 0) is 65.4 Å². The van der Waals surface area contributed by atoms with Crippen LogP contribution in [-0.2, 0) is 11.2 Å². The van der Waals surface area contributed by atoms with E-state index in [1.165, 1.54) is 6.07 Å². The summed E-state index contributed by atoms with van der Waals surface area (Å²) in [5.41, 5.74) is 0.702. The Morgan fingerprint density at radius 3 is 2.42 bits per heavy atom. The molecule has 5 heteroatoms. The van der Waals surface area contributed by atoms with Crippen molar-refractivity contribution in [2.24, 2.45) is 0 Å². The summed E-state index contributed by atoms with van der Waals surface area (Å²) in [4.78, 5) is 19.3. The van der Waals surface area contributed by atoms with E-state index in [9.17, 15) is 9.18 Å². The second kappa shape index (κ2) is 10.0. The van der Waals surface area contributed by atoms with E-state index in [-0.39, 0.29) is 11.7 Å². The van der Waals surface area contributed by atoms with E-state index in [0.29, 0.717) is 36.9 Å². The minimum Gasteiger partial charge on any atom is -0.340 e. The third kappa shape index (κ3) is 6.06. The molecule has 0 aromatic heterocycles. The summed E-state index contributed by atoms with van der Waals surface area (Å²) in [6.07, 6.45) is 2.96. The highest BCUT2D eigenvalue weighted by Gasteiger charge is 2.31. The van der Waals surface area contributed by atoms with Crippen LogP contribution in [0.15, 0.2) is 24.3 Å². The number of piperazine rings is 1. The third-order valence-electron chi connectivity index (χ3n) is 5.27. The van der Waals surface area contributed by atoms with Crippen LogP contribution in [-0.4, -0.2) is 73.0 Å². The zero-order valence-electron chi connectivity index (χ0n) is 16.7. The molecular weight excluding hydrogens is 329 g/mol. The van der Waals surface area contributed by atoms with Gasteiger partial charge in [-0.15, -0.1) is 0 Å². The van der Waals surface area contributed by atoms with Gasteiger partial charge < -0.3 is 9.80 Å². The van der Waals surface area contributed by atoms with Crippen molar-refractivity contribution in [3.8, 4) is 0 Å². The van der Waals surface area contributed by atoms with E-state index >= 15 is 0 Å². The van der Waals surface area contributed by atoms with Gasteiger partial charge in [0.15, 0.2) is 0 Å². The highest BCUT2D eigenvalue weighted by Crippen LogP contribution is 2.18. The van der Waals surface area contributed by atoms with Crippen molar-refractivity contribution in [2.45, 2.75) is 51.6 Å². The predicted molar refractivity (Wildman–Crippen MR) is 105 cm³/mol. The van der Waals surface area contributed by atoms with Crippen molar-refractivity contribution >= 4 is 5.91 Å². The standard InChI is InChI=1S/C21H34FN3O/c1-17-15-24(16-18(2)25(17)14-8-13-23(3)4)21(26)12-7-10-19-9-5-6-11-20(19)22/h5-6,9,11,17-18H,7-8,10,12-16H2,1-4H3. The number of hydrogen-bond donors (Lipinski definition) is 0. The molecule has 0 bridgehead atoms. The Morgan fingerprint density at radius 2 is 1.81 bits per heavy atom. The highest BCUT2D eigenvalue weighted by atomic mass is 19.1. The monoisotopic (exact) mass is 363 g/mol. The quantitative estimate of drug-likeness (QED) is 0.710. The number of carbonyl (C=O) groups excluding carboxylic acids is 1. The molecule has 1 aliphatic heterocycles. The smallest absolute Gasteiger partial charge is 0.222 e. The molecule has 146 valence electrons. The second-order valence-corrected chi connectivity index (χ2v) is 7.84. The minimum atomic E-state index is -0.173. The molecule has 0 N–H and O–H groups in total. The Hall–Kier alpha value is -1.46. The number of aryl methyl sites for hydroxylation is 1. The lowest BCUT2D eigenvalue weighted by Gasteiger charge is -2.44. The SMILES string of the molecule is CC1CN(C(=O)CCCc2ccccc2F)CC(C)N1CCCN(C)C. The molecule has 1 heterocycles. The van der Waals surface area contributed by atoms with Crippen molar-refractivity contribution < 1.29 is 9.18 Å². The normalized spacial score (nSPS) is 21.4. The van der Waals surface area contributed by atoms with Gasteiger partial charge in [-0.1, -0.05) is 18.2 Å². The molecule has 0 saturated carbocycles. The van der Waals surface area contributed by atoms with Gasteiger partial charge in [0, 0.05) is 38.1 Å². The van der Waals surface area contributed by atoms with Crippen LogP contribution in [0.5, 0.6) is 0 Å². The molecule has 1 aromatic rings. The molecule has 0 spiro atoms. The summed E-state index contributed by atoms with van der Waals surface area (Å²) in [6, 6.07) is 7.60. The average Bonchev–Trinajstić information content (AvgIpc) is 2.58. The van der Waals surface area contributed by atoms with Crippen LogP contribution in [0.25, 0.3) is 0 Å². The summed E-state index contributed by atoms with van der Waals surface area (Å²) >= 11 is 0. The number of hydrogen-bond acceptors (Lipinski definition) is 3. The molecule has 1 saturated heterocycles. The van der Waals surface area contributed by atoms with Crippen LogP contribution in [0.2, 0.25) is 0 Å². The van der Waals surface area contributed by atoms with E-state index in [2.05, 4.69) is 37.7 Å². The molecule has 1 aliphatic rings. The van der Waals surface area contributed by atoms with Crippen LogP contribution in [0.4, 0.5) is 4.39 Å². The van der Waals surface area contributed by atoms with Gasteiger partial charge in [-0.3, -0.25) is 9.69 Å². The van der Waals surface area contributed by atoms with Gasteiger partial charge in [-0.25, -0.2) is 4.39 Å². The van der Waals surface area contributed by atoms with Crippen LogP contribution < -0.4 is 0 Å². The van der Waals surface area contributed by atoms with Gasteiger partial charge in [0.1, 0.15) is 5.82 Å². The highest BCUT2D eigenvalue weighted by molar-refractivity contribution is 5.76. The van der Waals surface area contributed by atoms with Gasteiger partial charge in [0.25, 0.3) is 0 Å². The zero-order valence-corrected chi connectivity index (χ0v) is 16.7. The lowest BCUT2D eigenvalue weighted by molar-refractivity contribution is -0.135. The van der Waals surface area contributed by atoms with E-state index in [4.69, 9.17) is 0 Å².